The average Bonchev–Trinajstić information content (AvgIpc) is 2.81. The van der Waals surface area contributed by atoms with E-state index in [1.54, 1.807) is 0 Å². The molecule has 3 aromatic rings. The van der Waals surface area contributed by atoms with Gasteiger partial charge >= 0.3 is 0 Å². The molecule has 0 bridgehead atoms. The lowest BCUT2D eigenvalue weighted by molar-refractivity contribution is 0.407. The molecular formula is C21H9BF12. The summed E-state index contributed by atoms with van der Waals surface area (Å²) >= 11 is 0. The van der Waals surface area contributed by atoms with Gasteiger partial charge in [0.05, 0.1) is 0 Å². The van der Waals surface area contributed by atoms with Gasteiger partial charge in [-0.05, 0) is 53.8 Å². The molecule has 0 aliphatic heterocycles. The van der Waals surface area contributed by atoms with Crippen molar-refractivity contribution in [3.8, 4) is 0 Å². The highest BCUT2D eigenvalue weighted by molar-refractivity contribution is 6.96. The van der Waals surface area contributed by atoms with Crippen LogP contribution in [-0.4, -0.2) is 6.71 Å². The zero-order valence-corrected chi connectivity index (χ0v) is 17.1. The molecule has 0 heterocycles. The summed E-state index contributed by atoms with van der Waals surface area (Å²) in [6.07, 6.45) is 0. The highest BCUT2D eigenvalue weighted by Crippen LogP contribution is 2.24. The molecule has 0 N–H and O–H groups in total. The van der Waals surface area contributed by atoms with E-state index in [0.717, 1.165) is 0 Å². The van der Waals surface area contributed by atoms with Crippen molar-refractivity contribution in [3.63, 3.8) is 0 Å². The quantitative estimate of drug-likeness (QED) is 0.210. The largest absolute Gasteiger partial charge is 0.254 e. The van der Waals surface area contributed by atoms with Crippen LogP contribution in [0.5, 0.6) is 0 Å². The Balaban J connectivity index is 2.68. The third kappa shape index (κ3) is 3.43. The van der Waals surface area contributed by atoms with Gasteiger partial charge in [0.2, 0.25) is 0 Å². The Bertz CT molecular complexity index is 1110. The Morgan fingerprint density at radius 3 is 0.676 bits per heavy atom. The molecule has 0 unspecified atom stereocenters. The maximum atomic E-state index is 14.9. The fourth-order valence-corrected chi connectivity index (χ4v) is 3.74. The van der Waals surface area contributed by atoms with Crippen LogP contribution in [0.3, 0.4) is 0 Å². The van der Waals surface area contributed by atoms with Crippen molar-refractivity contribution in [2.75, 3.05) is 0 Å². The third-order valence-electron chi connectivity index (χ3n) is 5.51. The summed E-state index contributed by atoms with van der Waals surface area (Å²) in [5.41, 5.74) is -8.23. The molecule has 3 aromatic carbocycles. The van der Waals surface area contributed by atoms with Gasteiger partial charge in [0.1, 0.15) is 0 Å². The zero-order chi connectivity index (χ0) is 26.0. The summed E-state index contributed by atoms with van der Waals surface area (Å²) in [6, 6.07) is 0. The van der Waals surface area contributed by atoms with Gasteiger partial charge in [0.15, 0.2) is 69.8 Å². The smallest absolute Gasteiger partial charge is 0.204 e. The Kier molecular flexibility index (Phi) is 6.44. The topological polar surface area (TPSA) is 0 Å². The lowest BCUT2D eigenvalue weighted by Crippen LogP contribution is -2.59. The molecule has 0 nitrogen and oxygen atoms in total. The molecule has 34 heavy (non-hydrogen) atoms. The summed E-state index contributed by atoms with van der Waals surface area (Å²) in [5.74, 6) is -28.1. The molecule has 0 fully saturated rings. The van der Waals surface area contributed by atoms with Gasteiger partial charge in [-0.3, -0.25) is 0 Å². The Morgan fingerprint density at radius 1 is 0.294 bits per heavy atom. The molecule has 0 aromatic heterocycles. The first-order valence-electron chi connectivity index (χ1n) is 9.13. The molecule has 3 rings (SSSR count). The van der Waals surface area contributed by atoms with Crippen molar-refractivity contribution in [3.05, 3.63) is 86.5 Å². The number of hydrogen-bond donors (Lipinski definition) is 0. The Hall–Kier alpha value is -3.12. The van der Waals surface area contributed by atoms with Gasteiger partial charge in [-0.1, -0.05) is 0 Å². The number of halogens is 12. The van der Waals surface area contributed by atoms with E-state index in [4.69, 9.17) is 0 Å². The molecule has 13 heteroatoms. The fourth-order valence-electron chi connectivity index (χ4n) is 3.74. The van der Waals surface area contributed by atoms with E-state index in [9.17, 15) is 52.7 Å². The van der Waals surface area contributed by atoms with Crippen LogP contribution in [0.25, 0.3) is 0 Å². The minimum atomic E-state index is -2.83. The van der Waals surface area contributed by atoms with E-state index in [0.29, 0.717) is 20.8 Å². The van der Waals surface area contributed by atoms with Crippen LogP contribution in [-0.2, 0) is 0 Å². The van der Waals surface area contributed by atoms with Gasteiger partial charge in [-0.15, -0.1) is 0 Å². The minimum Gasteiger partial charge on any atom is -0.204 e. The first-order chi connectivity index (χ1) is 15.7. The van der Waals surface area contributed by atoms with E-state index >= 15 is 0 Å². The first kappa shape index (κ1) is 25.5. The molecule has 0 saturated carbocycles. The van der Waals surface area contributed by atoms with E-state index in [2.05, 4.69) is 0 Å². The van der Waals surface area contributed by atoms with Crippen LogP contribution >= 0.6 is 0 Å². The molecule has 0 radical (unpaired) electrons. The van der Waals surface area contributed by atoms with Crippen LogP contribution < -0.4 is 16.4 Å². The molecule has 0 aliphatic rings. The van der Waals surface area contributed by atoms with Crippen molar-refractivity contribution in [2.45, 2.75) is 20.8 Å². The monoisotopic (exact) mass is 500 g/mol. The lowest BCUT2D eigenvalue weighted by atomic mass is 9.34. The molecular weight excluding hydrogens is 491 g/mol. The Morgan fingerprint density at radius 2 is 0.471 bits per heavy atom. The predicted octanol–water partition coefficient (Wildman–Crippen LogP) is 4.80. The first-order valence-corrected chi connectivity index (χ1v) is 9.13. The second-order valence-electron chi connectivity index (χ2n) is 7.32. The second kappa shape index (κ2) is 8.59. The molecule has 180 valence electrons. The van der Waals surface area contributed by atoms with Crippen LogP contribution in [0.15, 0.2) is 0 Å². The van der Waals surface area contributed by atoms with Crippen molar-refractivity contribution in [1.29, 1.82) is 0 Å². The summed E-state index contributed by atoms with van der Waals surface area (Å²) in [4.78, 5) is 0. The molecule has 0 spiro atoms. The third-order valence-corrected chi connectivity index (χ3v) is 5.51. The van der Waals surface area contributed by atoms with Gasteiger partial charge in [-0.25, -0.2) is 52.7 Å². The maximum Gasteiger partial charge on any atom is 0.254 e. The lowest BCUT2D eigenvalue weighted by Gasteiger charge is -2.24. The van der Waals surface area contributed by atoms with E-state index < -0.39 is 110 Å². The van der Waals surface area contributed by atoms with Crippen molar-refractivity contribution < 1.29 is 52.7 Å². The van der Waals surface area contributed by atoms with Gasteiger partial charge in [0.25, 0.3) is 6.71 Å². The molecule has 0 atom stereocenters. The fraction of sp³-hybridized carbons (Fsp3) is 0.143. The number of rotatable bonds is 3. The van der Waals surface area contributed by atoms with E-state index in [-0.39, 0.29) is 0 Å². The van der Waals surface area contributed by atoms with Gasteiger partial charge in [-0.2, -0.15) is 0 Å². The summed E-state index contributed by atoms with van der Waals surface area (Å²) in [7, 11) is 0. The normalized spacial score (nSPS) is 11.4. The zero-order valence-electron chi connectivity index (χ0n) is 17.1. The van der Waals surface area contributed by atoms with Crippen LogP contribution in [0.1, 0.15) is 16.7 Å². The van der Waals surface area contributed by atoms with Crippen LogP contribution in [0.2, 0.25) is 0 Å². The van der Waals surface area contributed by atoms with Crippen molar-refractivity contribution in [1.82, 2.24) is 0 Å². The minimum absolute atomic E-state index is 0.566. The van der Waals surface area contributed by atoms with Crippen molar-refractivity contribution >= 4 is 23.1 Å². The molecule has 0 aliphatic carbocycles. The Labute approximate surface area is 183 Å². The van der Waals surface area contributed by atoms with Gasteiger partial charge in [0, 0.05) is 0 Å². The molecule has 0 amide bonds. The molecule has 0 saturated heterocycles. The van der Waals surface area contributed by atoms with Crippen molar-refractivity contribution in [2.24, 2.45) is 0 Å². The maximum absolute atomic E-state index is 14.9. The summed E-state index contributed by atoms with van der Waals surface area (Å²) in [5, 5.41) is 0. The highest BCUT2D eigenvalue weighted by Gasteiger charge is 2.41. The highest BCUT2D eigenvalue weighted by atomic mass is 19.2. The predicted molar refractivity (Wildman–Crippen MR) is 97.7 cm³/mol. The van der Waals surface area contributed by atoms with Crippen LogP contribution in [0, 0.1) is 90.6 Å². The summed E-state index contributed by atoms with van der Waals surface area (Å²) in [6.45, 7) is -1.14. The van der Waals surface area contributed by atoms with E-state index in [1.807, 2.05) is 0 Å². The standard InChI is InChI=1S/C21H9BF12/c1-4-7(13(26)19(32)16(29)10(4)23)22(8-5(2)11(24)17(30)20(33)14(8)27)9-6(3)12(25)18(31)21(34)15(9)28/h1-3H3. The SMILES string of the molecule is Cc1c(F)c(F)c(F)c(F)c1B(c1c(C)c(F)c(F)c(F)c1F)c1c(C)c(F)c(F)c(F)c1F. The average molecular weight is 500 g/mol. The van der Waals surface area contributed by atoms with Crippen LogP contribution in [0.4, 0.5) is 52.7 Å². The van der Waals surface area contributed by atoms with Gasteiger partial charge < -0.3 is 0 Å². The van der Waals surface area contributed by atoms with E-state index in [1.165, 1.54) is 0 Å². The number of benzene rings is 3. The second-order valence-corrected chi connectivity index (χ2v) is 7.32. The number of hydrogen-bond acceptors (Lipinski definition) is 0. The summed E-state index contributed by atoms with van der Waals surface area (Å²) < 4.78 is 171.